The van der Waals surface area contributed by atoms with Crippen molar-refractivity contribution in [2.24, 2.45) is 0 Å². The van der Waals surface area contributed by atoms with Crippen molar-refractivity contribution in [1.29, 1.82) is 0 Å². The normalized spacial score (nSPS) is 15.8. The van der Waals surface area contributed by atoms with Crippen molar-refractivity contribution < 1.29 is 4.79 Å². The molecule has 1 aromatic rings. The van der Waals surface area contributed by atoms with E-state index < -0.39 is 0 Å². The second kappa shape index (κ2) is 4.33. The maximum Gasteiger partial charge on any atom is 0.259 e. The van der Waals surface area contributed by atoms with Crippen molar-refractivity contribution in [3.05, 3.63) is 35.4 Å². The molecule has 2 nitrogen and oxygen atoms in total. The molecule has 15 heavy (non-hydrogen) atoms. The van der Waals surface area contributed by atoms with Gasteiger partial charge in [0.1, 0.15) is 4.32 Å². The van der Waals surface area contributed by atoms with Crippen LogP contribution in [-0.2, 0) is 0 Å². The van der Waals surface area contributed by atoms with Crippen LogP contribution in [0.25, 0.3) is 0 Å². The lowest BCUT2D eigenvalue weighted by atomic mass is 10.1. The Hall–Kier alpha value is -0.870. The molecular formula is C11H11NOS2. The van der Waals surface area contributed by atoms with E-state index >= 15 is 0 Å². The maximum absolute atomic E-state index is 12.0. The first-order valence-electron chi connectivity index (χ1n) is 4.74. The van der Waals surface area contributed by atoms with Gasteiger partial charge in [0, 0.05) is 17.9 Å². The van der Waals surface area contributed by atoms with E-state index in [4.69, 9.17) is 12.2 Å². The summed E-state index contributed by atoms with van der Waals surface area (Å²) in [5.41, 5.74) is 1.82. The number of hydrogen-bond acceptors (Lipinski definition) is 3. The van der Waals surface area contributed by atoms with Crippen LogP contribution in [0.5, 0.6) is 0 Å². The van der Waals surface area contributed by atoms with Crippen LogP contribution in [-0.4, -0.2) is 27.4 Å². The van der Waals surface area contributed by atoms with Crippen LogP contribution < -0.4 is 0 Å². The maximum atomic E-state index is 12.0. The van der Waals surface area contributed by atoms with Gasteiger partial charge < -0.3 is 0 Å². The summed E-state index contributed by atoms with van der Waals surface area (Å²) < 4.78 is 0.696. The largest absolute Gasteiger partial charge is 0.293 e. The molecule has 0 aliphatic carbocycles. The number of thioether (sulfide) groups is 1. The molecule has 4 heteroatoms. The van der Waals surface area contributed by atoms with Gasteiger partial charge >= 0.3 is 0 Å². The second-order valence-corrected chi connectivity index (χ2v) is 5.17. The van der Waals surface area contributed by atoms with E-state index in [1.807, 2.05) is 31.2 Å². The number of carbonyl (C=O) groups excluding carboxylic acids is 1. The molecule has 0 N–H and O–H groups in total. The molecule has 1 aromatic carbocycles. The van der Waals surface area contributed by atoms with Crippen LogP contribution in [0, 0.1) is 6.92 Å². The zero-order valence-electron chi connectivity index (χ0n) is 8.40. The molecule has 1 aliphatic rings. The fourth-order valence-electron chi connectivity index (χ4n) is 1.51. The van der Waals surface area contributed by atoms with Crippen LogP contribution in [0.1, 0.15) is 15.9 Å². The summed E-state index contributed by atoms with van der Waals surface area (Å²) in [6, 6.07) is 7.61. The first-order valence-corrected chi connectivity index (χ1v) is 6.13. The Morgan fingerprint density at radius 3 is 2.93 bits per heavy atom. The molecule has 0 spiro atoms. The Morgan fingerprint density at radius 2 is 2.33 bits per heavy atom. The molecule has 0 atom stereocenters. The minimum absolute atomic E-state index is 0.0219. The Morgan fingerprint density at radius 1 is 1.53 bits per heavy atom. The molecule has 1 amide bonds. The van der Waals surface area contributed by atoms with Crippen molar-refractivity contribution in [2.75, 3.05) is 12.3 Å². The molecule has 0 radical (unpaired) electrons. The van der Waals surface area contributed by atoms with Crippen LogP contribution in [0.15, 0.2) is 24.3 Å². The summed E-state index contributed by atoms with van der Waals surface area (Å²) in [7, 11) is 0. The van der Waals surface area contributed by atoms with Gasteiger partial charge in [0.15, 0.2) is 0 Å². The summed E-state index contributed by atoms with van der Waals surface area (Å²) in [5, 5.41) is 0. The van der Waals surface area contributed by atoms with E-state index in [0.717, 1.165) is 23.4 Å². The van der Waals surface area contributed by atoms with Crippen molar-refractivity contribution in [1.82, 2.24) is 4.90 Å². The molecule has 0 unspecified atom stereocenters. The van der Waals surface area contributed by atoms with Crippen LogP contribution >= 0.6 is 24.0 Å². The highest BCUT2D eigenvalue weighted by atomic mass is 32.2. The molecule has 78 valence electrons. The highest BCUT2D eigenvalue weighted by Gasteiger charge is 2.24. The summed E-state index contributed by atoms with van der Waals surface area (Å²) in [4.78, 5) is 13.7. The SMILES string of the molecule is Cc1cccc(C(=O)N2CCSC2=S)c1. The topological polar surface area (TPSA) is 20.3 Å². The second-order valence-electron chi connectivity index (χ2n) is 3.44. The van der Waals surface area contributed by atoms with Crippen LogP contribution in [0.2, 0.25) is 0 Å². The predicted octanol–water partition coefficient (Wildman–Crippen LogP) is 2.47. The highest BCUT2D eigenvalue weighted by molar-refractivity contribution is 8.23. The zero-order chi connectivity index (χ0) is 10.8. The number of rotatable bonds is 1. The van der Waals surface area contributed by atoms with Crippen molar-refractivity contribution in [3.8, 4) is 0 Å². The van der Waals surface area contributed by atoms with Gasteiger partial charge in [0.2, 0.25) is 0 Å². The average Bonchev–Trinajstić information content (AvgIpc) is 2.63. The molecule has 1 saturated heterocycles. The number of carbonyl (C=O) groups is 1. The predicted molar refractivity (Wildman–Crippen MR) is 67.3 cm³/mol. The summed E-state index contributed by atoms with van der Waals surface area (Å²) in [5.74, 6) is 0.935. The number of nitrogens with zero attached hydrogens (tertiary/aromatic N) is 1. The monoisotopic (exact) mass is 237 g/mol. The van der Waals surface area contributed by atoms with E-state index in [0.29, 0.717) is 4.32 Å². The average molecular weight is 237 g/mol. The Bertz CT molecular complexity index is 417. The quantitative estimate of drug-likeness (QED) is 0.700. The molecule has 0 aromatic heterocycles. The van der Waals surface area contributed by atoms with Gasteiger partial charge in [0.25, 0.3) is 5.91 Å². The molecule has 1 heterocycles. The van der Waals surface area contributed by atoms with Crippen LogP contribution in [0.4, 0.5) is 0 Å². The first kappa shape index (κ1) is 10.6. The number of amides is 1. The lowest BCUT2D eigenvalue weighted by Crippen LogP contribution is -2.30. The Kier molecular flexibility index (Phi) is 3.07. The fraction of sp³-hybridized carbons (Fsp3) is 0.273. The van der Waals surface area contributed by atoms with Crippen molar-refractivity contribution in [2.45, 2.75) is 6.92 Å². The van der Waals surface area contributed by atoms with E-state index in [1.54, 1.807) is 16.7 Å². The number of thiocarbonyl (C=S) groups is 1. The third-order valence-electron chi connectivity index (χ3n) is 2.27. The van der Waals surface area contributed by atoms with Gasteiger partial charge in [-0.2, -0.15) is 0 Å². The first-order chi connectivity index (χ1) is 7.18. The molecule has 1 aliphatic heterocycles. The van der Waals surface area contributed by atoms with Gasteiger partial charge in [-0.1, -0.05) is 41.7 Å². The minimum atomic E-state index is 0.0219. The minimum Gasteiger partial charge on any atom is -0.293 e. The number of hydrogen-bond donors (Lipinski definition) is 0. The summed E-state index contributed by atoms with van der Waals surface area (Å²) >= 11 is 6.69. The smallest absolute Gasteiger partial charge is 0.259 e. The van der Waals surface area contributed by atoms with E-state index in [2.05, 4.69) is 0 Å². The summed E-state index contributed by atoms with van der Waals surface area (Å²) in [6.07, 6.45) is 0. The van der Waals surface area contributed by atoms with Gasteiger partial charge in [-0.3, -0.25) is 9.69 Å². The van der Waals surface area contributed by atoms with Crippen molar-refractivity contribution in [3.63, 3.8) is 0 Å². The van der Waals surface area contributed by atoms with E-state index in [1.165, 1.54) is 0 Å². The molecular weight excluding hydrogens is 226 g/mol. The third kappa shape index (κ3) is 2.21. The van der Waals surface area contributed by atoms with Crippen LogP contribution in [0.3, 0.4) is 0 Å². The lowest BCUT2D eigenvalue weighted by molar-refractivity contribution is 0.0861. The lowest BCUT2D eigenvalue weighted by Gasteiger charge is -2.14. The molecule has 0 saturated carbocycles. The summed E-state index contributed by atoms with van der Waals surface area (Å²) in [6.45, 7) is 2.71. The fourth-order valence-corrected chi connectivity index (χ4v) is 2.71. The third-order valence-corrected chi connectivity index (χ3v) is 3.70. The number of benzene rings is 1. The highest BCUT2D eigenvalue weighted by Crippen LogP contribution is 2.20. The number of aryl methyl sites for hydroxylation is 1. The van der Waals surface area contributed by atoms with E-state index in [9.17, 15) is 4.79 Å². The zero-order valence-corrected chi connectivity index (χ0v) is 10.0. The Labute approximate surface area is 98.7 Å². The van der Waals surface area contributed by atoms with Gasteiger partial charge in [0.05, 0.1) is 0 Å². The molecule has 2 rings (SSSR count). The Balaban J connectivity index is 2.24. The van der Waals surface area contributed by atoms with Gasteiger partial charge in [-0.15, -0.1) is 0 Å². The van der Waals surface area contributed by atoms with Crippen molar-refractivity contribution >= 4 is 34.2 Å². The standard InChI is InChI=1S/C11H11NOS2/c1-8-3-2-4-9(7-8)10(13)12-5-6-15-11(12)14/h2-4,7H,5-6H2,1H3. The van der Waals surface area contributed by atoms with Gasteiger partial charge in [-0.05, 0) is 19.1 Å². The van der Waals surface area contributed by atoms with E-state index in [-0.39, 0.29) is 5.91 Å². The van der Waals surface area contributed by atoms with Gasteiger partial charge in [-0.25, -0.2) is 0 Å². The molecule has 0 bridgehead atoms. The molecule has 1 fully saturated rings.